The zero-order valence-electron chi connectivity index (χ0n) is 12.5. The topological polar surface area (TPSA) is 56.4 Å². The summed E-state index contributed by atoms with van der Waals surface area (Å²) < 4.78 is 0. The molecule has 6 heteroatoms. The number of nitrogens with one attached hydrogen (secondary N) is 1. The summed E-state index contributed by atoms with van der Waals surface area (Å²) >= 11 is 1.28. The third-order valence-electron chi connectivity index (χ3n) is 3.97. The van der Waals surface area contributed by atoms with Crippen molar-refractivity contribution in [2.24, 2.45) is 0 Å². The number of piperazine rings is 1. The number of nitrogens with zero attached hydrogens (tertiary/aromatic N) is 2. The van der Waals surface area contributed by atoms with Crippen LogP contribution in [-0.4, -0.2) is 46.9 Å². The zero-order chi connectivity index (χ0) is 15.5. The van der Waals surface area contributed by atoms with Gasteiger partial charge in [0.1, 0.15) is 0 Å². The summed E-state index contributed by atoms with van der Waals surface area (Å²) in [7, 11) is 0. The quantitative estimate of drug-likeness (QED) is 0.938. The highest BCUT2D eigenvalue weighted by Crippen LogP contribution is 2.24. The minimum absolute atomic E-state index is 0.0174. The molecule has 1 N–H and O–H groups in total. The Morgan fingerprint density at radius 1 is 1.18 bits per heavy atom. The number of carbonyl (C=O) groups is 1. The fraction of sp³-hybridized carbons (Fsp3) is 0.375. The van der Waals surface area contributed by atoms with Crippen LogP contribution in [0.2, 0.25) is 0 Å². The van der Waals surface area contributed by atoms with Crippen LogP contribution in [0.5, 0.6) is 0 Å². The molecule has 0 aliphatic carbocycles. The average Bonchev–Trinajstić information content (AvgIpc) is 2.89. The number of carbonyl (C=O) groups excluding carboxylic acids is 1. The zero-order valence-corrected chi connectivity index (χ0v) is 13.4. The third-order valence-corrected chi connectivity index (χ3v) is 4.84. The van der Waals surface area contributed by atoms with Crippen molar-refractivity contribution in [1.29, 1.82) is 0 Å². The predicted molar refractivity (Wildman–Crippen MR) is 87.9 cm³/mol. The first-order chi connectivity index (χ1) is 10.6. The fourth-order valence-corrected chi connectivity index (χ4v) is 3.63. The molecule has 1 aliphatic rings. The van der Waals surface area contributed by atoms with Crippen molar-refractivity contribution < 1.29 is 4.79 Å². The minimum Gasteiger partial charge on any atom is -0.340 e. The Kier molecular flexibility index (Phi) is 4.40. The van der Waals surface area contributed by atoms with E-state index in [1.165, 1.54) is 11.3 Å². The molecule has 1 saturated heterocycles. The number of benzene rings is 1. The SMILES string of the molecule is CC(=O)N1CCN(Cc2sc(=O)[nH]c2-c2ccccc2)CC1. The molecule has 1 fully saturated rings. The van der Waals surface area contributed by atoms with Crippen LogP contribution >= 0.6 is 11.3 Å². The standard InChI is InChI=1S/C16H19N3O2S/c1-12(20)19-9-7-18(8-10-19)11-14-15(17-16(21)22-14)13-5-3-2-4-6-13/h2-6H,7-11H2,1H3,(H,17,21). The Hall–Kier alpha value is -1.92. The Balaban J connectivity index is 1.74. The van der Waals surface area contributed by atoms with Crippen LogP contribution in [0, 0.1) is 0 Å². The summed E-state index contributed by atoms with van der Waals surface area (Å²) in [6.07, 6.45) is 0. The number of rotatable bonds is 3. The van der Waals surface area contributed by atoms with Crippen molar-refractivity contribution in [1.82, 2.24) is 14.8 Å². The number of aromatic nitrogens is 1. The van der Waals surface area contributed by atoms with Gasteiger partial charge in [-0.05, 0) is 5.56 Å². The van der Waals surface area contributed by atoms with Gasteiger partial charge in [-0.3, -0.25) is 14.5 Å². The van der Waals surface area contributed by atoms with Crippen LogP contribution < -0.4 is 4.87 Å². The van der Waals surface area contributed by atoms with Gasteiger partial charge in [0.25, 0.3) is 0 Å². The highest BCUT2D eigenvalue weighted by atomic mass is 32.1. The summed E-state index contributed by atoms with van der Waals surface area (Å²) in [5.74, 6) is 0.135. The summed E-state index contributed by atoms with van der Waals surface area (Å²) in [5.41, 5.74) is 1.96. The lowest BCUT2D eigenvalue weighted by Gasteiger charge is -2.34. The molecule has 0 atom stereocenters. The first-order valence-electron chi connectivity index (χ1n) is 7.39. The van der Waals surface area contributed by atoms with Crippen molar-refractivity contribution in [3.63, 3.8) is 0 Å². The van der Waals surface area contributed by atoms with Crippen LogP contribution in [0.3, 0.4) is 0 Å². The van der Waals surface area contributed by atoms with Crippen molar-refractivity contribution >= 4 is 17.2 Å². The summed E-state index contributed by atoms with van der Waals surface area (Å²) in [6, 6.07) is 9.93. The van der Waals surface area contributed by atoms with Gasteiger partial charge in [0, 0.05) is 44.5 Å². The van der Waals surface area contributed by atoms with Gasteiger partial charge in [-0.15, -0.1) is 0 Å². The van der Waals surface area contributed by atoms with Gasteiger partial charge in [0.2, 0.25) is 5.91 Å². The van der Waals surface area contributed by atoms with Gasteiger partial charge in [0.05, 0.1) is 5.69 Å². The lowest BCUT2D eigenvalue weighted by atomic mass is 10.1. The maximum absolute atomic E-state index is 11.8. The predicted octanol–water partition coefficient (Wildman–Crippen LogP) is 1.77. The lowest BCUT2D eigenvalue weighted by molar-refractivity contribution is -0.130. The molecule has 2 aromatic rings. The van der Waals surface area contributed by atoms with Crippen molar-refractivity contribution in [3.05, 3.63) is 44.9 Å². The third kappa shape index (κ3) is 3.28. The molecular weight excluding hydrogens is 298 g/mol. The van der Waals surface area contributed by atoms with Crippen molar-refractivity contribution in [2.75, 3.05) is 26.2 Å². The van der Waals surface area contributed by atoms with Gasteiger partial charge in [0.15, 0.2) is 0 Å². The van der Waals surface area contributed by atoms with Gasteiger partial charge < -0.3 is 9.88 Å². The molecule has 3 rings (SSSR count). The van der Waals surface area contributed by atoms with Crippen LogP contribution in [0.25, 0.3) is 11.3 Å². The summed E-state index contributed by atoms with van der Waals surface area (Å²) in [6.45, 7) is 5.57. The molecule has 116 valence electrons. The molecule has 0 radical (unpaired) electrons. The molecule has 1 aromatic carbocycles. The second kappa shape index (κ2) is 6.46. The second-order valence-electron chi connectivity index (χ2n) is 5.46. The first kappa shape index (κ1) is 15.0. The molecule has 2 heterocycles. The summed E-state index contributed by atoms with van der Waals surface area (Å²) in [5, 5.41) is 0. The molecule has 1 aromatic heterocycles. The Labute approximate surface area is 133 Å². The Morgan fingerprint density at radius 3 is 2.50 bits per heavy atom. The molecule has 0 unspecified atom stereocenters. The number of H-pyrrole nitrogens is 1. The second-order valence-corrected chi connectivity index (χ2v) is 6.53. The van der Waals surface area contributed by atoms with E-state index in [1.807, 2.05) is 35.2 Å². The summed E-state index contributed by atoms with van der Waals surface area (Å²) in [4.78, 5) is 31.3. The largest absolute Gasteiger partial charge is 0.340 e. The van der Waals surface area contributed by atoms with E-state index in [4.69, 9.17) is 0 Å². The molecule has 0 saturated carbocycles. The smallest absolute Gasteiger partial charge is 0.305 e. The maximum Gasteiger partial charge on any atom is 0.305 e. The van der Waals surface area contributed by atoms with E-state index in [9.17, 15) is 9.59 Å². The molecule has 1 amide bonds. The average molecular weight is 317 g/mol. The minimum atomic E-state index is -0.0174. The molecular formula is C16H19N3O2S. The molecule has 5 nitrogen and oxygen atoms in total. The van der Waals surface area contributed by atoms with Crippen LogP contribution in [0.4, 0.5) is 0 Å². The Morgan fingerprint density at radius 2 is 1.86 bits per heavy atom. The van der Waals surface area contributed by atoms with Crippen molar-refractivity contribution in [2.45, 2.75) is 13.5 Å². The van der Waals surface area contributed by atoms with E-state index in [1.54, 1.807) is 6.92 Å². The van der Waals surface area contributed by atoms with E-state index < -0.39 is 0 Å². The fourth-order valence-electron chi connectivity index (χ4n) is 2.73. The molecule has 1 aliphatic heterocycles. The van der Waals surface area contributed by atoms with E-state index in [0.29, 0.717) is 0 Å². The van der Waals surface area contributed by atoms with Gasteiger partial charge in [-0.2, -0.15) is 0 Å². The van der Waals surface area contributed by atoms with Crippen LogP contribution in [0.15, 0.2) is 35.1 Å². The highest BCUT2D eigenvalue weighted by Gasteiger charge is 2.20. The maximum atomic E-state index is 11.8. The van der Waals surface area contributed by atoms with Crippen LogP contribution in [-0.2, 0) is 11.3 Å². The normalized spacial score (nSPS) is 16.0. The number of aromatic amines is 1. The number of thiazole rings is 1. The Bertz CT molecular complexity index is 700. The van der Waals surface area contributed by atoms with E-state index in [-0.39, 0.29) is 10.8 Å². The number of hydrogen-bond acceptors (Lipinski definition) is 4. The van der Waals surface area contributed by atoms with Gasteiger partial charge >= 0.3 is 4.87 Å². The molecule has 22 heavy (non-hydrogen) atoms. The number of hydrogen-bond donors (Lipinski definition) is 1. The van der Waals surface area contributed by atoms with Gasteiger partial charge in [-0.1, -0.05) is 41.7 Å². The number of amides is 1. The molecule has 0 spiro atoms. The van der Waals surface area contributed by atoms with Gasteiger partial charge in [-0.25, -0.2) is 0 Å². The first-order valence-corrected chi connectivity index (χ1v) is 8.20. The van der Waals surface area contributed by atoms with Crippen molar-refractivity contribution in [3.8, 4) is 11.3 Å². The van der Waals surface area contributed by atoms with E-state index >= 15 is 0 Å². The van der Waals surface area contributed by atoms with Crippen LogP contribution in [0.1, 0.15) is 11.8 Å². The highest BCUT2D eigenvalue weighted by molar-refractivity contribution is 7.09. The molecule has 0 bridgehead atoms. The monoisotopic (exact) mass is 317 g/mol. The van der Waals surface area contributed by atoms with E-state index in [2.05, 4.69) is 9.88 Å². The van der Waals surface area contributed by atoms with E-state index in [0.717, 1.165) is 48.9 Å². The lowest BCUT2D eigenvalue weighted by Crippen LogP contribution is -2.47.